The summed E-state index contributed by atoms with van der Waals surface area (Å²) >= 11 is 0. The fourth-order valence-electron chi connectivity index (χ4n) is 1.09. The van der Waals surface area contributed by atoms with Crippen LogP contribution in [-0.2, 0) is 18.3 Å². The molecule has 0 aliphatic heterocycles. The molecule has 1 heterocycles. The Balaban J connectivity index is 2.74. The molecule has 0 radical (unpaired) electrons. The molecule has 4 nitrogen and oxygen atoms in total. The van der Waals surface area contributed by atoms with Crippen LogP contribution in [-0.4, -0.2) is 20.6 Å². The summed E-state index contributed by atoms with van der Waals surface area (Å²) in [5.74, 6) is -0.793. The second kappa shape index (κ2) is 3.20. The fourth-order valence-corrected chi connectivity index (χ4v) is 1.09. The second-order valence-electron chi connectivity index (χ2n) is 3.90. The molecule has 1 aromatic heterocycles. The van der Waals surface area contributed by atoms with E-state index in [0.717, 1.165) is 5.69 Å². The number of imidazole rings is 1. The molecule has 0 aliphatic rings. The molecule has 0 amide bonds. The van der Waals surface area contributed by atoms with Gasteiger partial charge in [0.25, 0.3) is 0 Å². The molecule has 1 N–H and O–H groups in total. The van der Waals surface area contributed by atoms with Crippen LogP contribution in [0.5, 0.6) is 0 Å². The Labute approximate surface area is 77.2 Å². The molecule has 0 atom stereocenters. The molecule has 0 spiro atoms. The number of carboxylic acids is 1. The lowest BCUT2D eigenvalue weighted by Gasteiger charge is -2.16. The van der Waals surface area contributed by atoms with Crippen molar-refractivity contribution in [3.63, 3.8) is 0 Å². The number of carboxylic acid groups (broad SMARTS) is 1. The molecule has 0 unspecified atom stereocenters. The summed E-state index contributed by atoms with van der Waals surface area (Å²) in [7, 11) is 1.87. The number of aliphatic carboxylic acids is 1. The number of hydrogen-bond donors (Lipinski definition) is 1. The van der Waals surface area contributed by atoms with Crippen molar-refractivity contribution in [1.29, 1.82) is 0 Å². The van der Waals surface area contributed by atoms with E-state index in [1.807, 2.05) is 17.8 Å². The minimum Gasteiger partial charge on any atom is -0.481 e. The maximum atomic E-state index is 10.8. The lowest BCUT2D eigenvalue weighted by molar-refractivity contribution is -0.146. The van der Waals surface area contributed by atoms with Gasteiger partial charge in [-0.15, -0.1) is 0 Å². The first-order chi connectivity index (χ1) is 5.92. The van der Waals surface area contributed by atoms with Gasteiger partial charge in [-0.2, -0.15) is 0 Å². The van der Waals surface area contributed by atoms with Gasteiger partial charge in [0.15, 0.2) is 0 Å². The van der Waals surface area contributed by atoms with E-state index in [2.05, 4.69) is 4.98 Å². The molecule has 0 aromatic carbocycles. The van der Waals surface area contributed by atoms with E-state index in [9.17, 15) is 4.79 Å². The van der Waals surface area contributed by atoms with Crippen LogP contribution < -0.4 is 0 Å². The third-order valence-corrected chi connectivity index (χ3v) is 1.96. The minimum atomic E-state index is -0.793. The smallest absolute Gasteiger partial charge is 0.309 e. The third-order valence-electron chi connectivity index (χ3n) is 1.96. The van der Waals surface area contributed by atoms with E-state index in [0.29, 0.717) is 6.42 Å². The van der Waals surface area contributed by atoms with Gasteiger partial charge in [0.2, 0.25) is 0 Å². The molecule has 0 aliphatic carbocycles. The number of carbonyl (C=O) groups is 1. The first kappa shape index (κ1) is 9.77. The van der Waals surface area contributed by atoms with Gasteiger partial charge in [0, 0.05) is 19.7 Å². The lowest BCUT2D eigenvalue weighted by Crippen LogP contribution is -2.26. The van der Waals surface area contributed by atoms with E-state index in [1.165, 1.54) is 0 Å². The molecule has 13 heavy (non-hydrogen) atoms. The summed E-state index contributed by atoms with van der Waals surface area (Å²) in [6.07, 6.45) is 3.97. The fraction of sp³-hybridized carbons (Fsp3) is 0.556. The predicted molar refractivity (Wildman–Crippen MR) is 48.3 cm³/mol. The Morgan fingerprint density at radius 2 is 2.31 bits per heavy atom. The third kappa shape index (κ3) is 2.31. The summed E-state index contributed by atoms with van der Waals surface area (Å²) in [5, 5.41) is 8.87. The van der Waals surface area contributed by atoms with Crippen molar-refractivity contribution < 1.29 is 9.90 Å². The number of rotatable bonds is 3. The first-order valence-corrected chi connectivity index (χ1v) is 4.12. The van der Waals surface area contributed by atoms with Crippen molar-refractivity contribution in [2.45, 2.75) is 20.3 Å². The number of aromatic nitrogens is 2. The Bertz CT molecular complexity index is 315. The summed E-state index contributed by atoms with van der Waals surface area (Å²) in [4.78, 5) is 14.9. The van der Waals surface area contributed by atoms with Gasteiger partial charge in [-0.25, -0.2) is 4.98 Å². The van der Waals surface area contributed by atoms with Gasteiger partial charge >= 0.3 is 5.97 Å². The van der Waals surface area contributed by atoms with E-state index in [1.54, 1.807) is 20.2 Å². The van der Waals surface area contributed by atoms with Crippen molar-refractivity contribution >= 4 is 5.97 Å². The molecule has 0 fully saturated rings. The van der Waals surface area contributed by atoms with Crippen molar-refractivity contribution in [3.05, 3.63) is 18.2 Å². The molecule has 1 aromatic rings. The van der Waals surface area contributed by atoms with Crippen molar-refractivity contribution in [2.75, 3.05) is 0 Å². The molecule has 0 bridgehead atoms. The van der Waals surface area contributed by atoms with Gasteiger partial charge in [-0.05, 0) is 13.8 Å². The largest absolute Gasteiger partial charge is 0.481 e. The normalized spacial score (nSPS) is 11.6. The van der Waals surface area contributed by atoms with E-state index in [-0.39, 0.29) is 0 Å². The van der Waals surface area contributed by atoms with Crippen LogP contribution >= 0.6 is 0 Å². The maximum Gasteiger partial charge on any atom is 0.309 e. The summed E-state index contributed by atoms with van der Waals surface area (Å²) in [5.41, 5.74) is 0.0730. The van der Waals surface area contributed by atoms with Crippen LogP contribution in [0.3, 0.4) is 0 Å². The Hall–Kier alpha value is -1.32. The van der Waals surface area contributed by atoms with Crippen molar-refractivity contribution in [3.8, 4) is 0 Å². The zero-order valence-corrected chi connectivity index (χ0v) is 8.11. The van der Waals surface area contributed by atoms with E-state index >= 15 is 0 Å². The van der Waals surface area contributed by atoms with Gasteiger partial charge < -0.3 is 9.67 Å². The van der Waals surface area contributed by atoms with Crippen LogP contribution in [0.2, 0.25) is 0 Å². The predicted octanol–water partition coefficient (Wildman–Crippen LogP) is 1.07. The number of hydrogen-bond acceptors (Lipinski definition) is 2. The molecule has 72 valence electrons. The zero-order valence-electron chi connectivity index (χ0n) is 8.11. The van der Waals surface area contributed by atoms with Gasteiger partial charge in [-0.3, -0.25) is 4.79 Å². The van der Waals surface area contributed by atoms with Crippen LogP contribution in [0.25, 0.3) is 0 Å². The number of nitrogens with zero attached hydrogens (tertiary/aromatic N) is 2. The molecular weight excluding hydrogens is 168 g/mol. The molecular formula is C9H14N2O2. The van der Waals surface area contributed by atoms with Crippen LogP contribution in [0, 0.1) is 5.41 Å². The minimum absolute atomic E-state index is 0.461. The summed E-state index contributed by atoms with van der Waals surface area (Å²) in [6.45, 7) is 3.40. The first-order valence-electron chi connectivity index (χ1n) is 4.12. The highest BCUT2D eigenvalue weighted by Crippen LogP contribution is 2.20. The van der Waals surface area contributed by atoms with Gasteiger partial charge in [0.05, 0.1) is 17.4 Å². The van der Waals surface area contributed by atoms with Crippen LogP contribution in [0.1, 0.15) is 19.5 Å². The quantitative estimate of drug-likeness (QED) is 0.760. The Kier molecular flexibility index (Phi) is 2.40. The Morgan fingerprint density at radius 1 is 1.69 bits per heavy atom. The molecule has 0 saturated heterocycles. The summed E-state index contributed by atoms with van der Waals surface area (Å²) < 4.78 is 1.81. The second-order valence-corrected chi connectivity index (χ2v) is 3.90. The Morgan fingerprint density at radius 3 is 2.69 bits per heavy atom. The SMILES string of the molecule is Cn1cnc(CC(C)(C)C(=O)O)c1. The lowest BCUT2D eigenvalue weighted by atomic mass is 9.88. The van der Waals surface area contributed by atoms with Crippen molar-refractivity contribution in [2.24, 2.45) is 12.5 Å². The molecule has 4 heteroatoms. The number of aryl methyl sites for hydroxylation is 1. The topological polar surface area (TPSA) is 55.1 Å². The highest BCUT2D eigenvalue weighted by Gasteiger charge is 2.28. The van der Waals surface area contributed by atoms with E-state index in [4.69, 9.17) is 5.11 Å². The molecule has 1 rings (SSSR count). The highest BCUT2D eigenvalue weighted by molar-refractivity contribution is 5.73. The maximum absolute atomic E-state index is 10.8. The average molecular weight is 182 g/mol. The monoisotopic (exact) mass is 182 g/mol. The molecule has 0 saturated carbocycles. The van der Waals surface area contributed by atoms with Crippen LogP contribution in [0.4, 0.5) is 0 Å². The van der Waals surface area contributed by atoms with Crippen molar-refractivity contribution in [1.82, 2.24) is 9.55 Å². The van der Waals surface area contributed by atoms with Gasteiger partial charge in [-0.1, -0.05) is 0 Å². The van der Waals surface area contributed by atoms with Gasteiger partial charge in [0.1, 0.15) is 0 Å². The zero-order chi connectivity index (χ0) is 10.1. The standard InChI is InChI=1S/C9H14N2O2/c1-9(2,8(12)13)4-7-5-11(3)6-10-7/h5-6H,4H2,1-3H3,(H,12,13). The summed E-state index contributed by atoms with van der Waals surface area (Å²) in [6, 6.07) is 0. The highest BCUT2D eigenvalue weighted by atomic mass is 16.4. The van der Waals surface area contributed by atoms with Crippen LogP contribution in [0.15, 0.2) is 12.5 Å². The van der Waals surface area contributed by atoms with E-state index < -0.39 is 11.4 Å². The average Bonchev–Trinajstić information content (AvgIpc) is 2.34.